The molecule has 0 fully saturated rings. The summed E-state index contributed by atoms with van der Waals surface area (Å²) in [6.07, 6.45) is 1.83. The van der Waals surface area contributed by atoms with Crippen LogP contribution in [-0.4, -0.2) is 18.1 Å². The first-order valence-electron chi connectivity index (χ1n) is 4.05. The largest absolute Gasteiger partial charge is 0.468 e. The molecule has 0 radical (unpaired) electrons. The molecule has 3 N–H and O–H groups in total. The van der Waals surface area contributed by atoms with Crippen LogP contribution in [0.3, 0.4) is 0 Å². The SMILES string of the molecule is COC(=O)C(N)c1c(C)c[nH]c1C. The molecule has 0 aliphatic rings. The Balaban J connectivity index is 3.00. The lowest BCUT2D eigenvalue weighted by Gasteiger charge is -2.09. The number of aromatic nitrogens is 1. The fourth-order valence-electron chi connectivity index (χ4n) is 1.39. The molecule has 4 heteroatoms. The monoisotopic (exact) mass is 182 g/mol. The van der Waals surface area contributed by atoms with E-state index >= 15 is 0 Å². The average Bonchev–Trinajstić information content (AvgIpc) is 2.44. The van der Waals surface area contributed by atoms with Crippen molar-refractivity contribution >= 4 is 5.97 Å². The number of carbonyl (C=O) groups excluding carboxylic acids is 1. The third kappa shape index (κ3) is 1.72. The van der Waals surface area contributed by atoms with Crippen molar-refractivity contribution in [2.45, 2.75) is 19.9 Å². The van der Waals surface area contributed by atoms with Crippen LogP contribution >= 0.6 is 0 Å². The summed E-state index contributed by atoms with van der Waals surface area (Å²) >= 11 is 0. The van der Waals surface area contributed by atoms with Crippen LogP contribution in [-0.2, 0) is 9.53 Å². The van der Waals surface area contributed by atoms with Gasteiger partial charge in [0.25, 0.3) is 0 Å². The molecule has 1 aromatic heterocycles. The average molecular weight is 182 g/mol. The number of rotatable bonds is 2. The number of aromatic amines is 1. The van der Waals surface area contributed by atoms with Gasteiger partial charge in [-0.25, -0.2) is 0 Å². The maximum absolute atomic E-state index is 11.2. The van der Waals surface area contributed by atoms with Gasteiger partial charge in [0, 0.05) is 17.5 Å². The summed E-state index contributed by atoms with van der Waals surface area (Å²) in [6, 6.07) is -0.684. The summed E-state index contributed by atoms with van der Waals surface area (Å²) in [4.78, 5) is 14.2. The van der Waals surface area contributed by atoms with Crippen molar-refractivity contribution in [1.29, 1.82) is 0 Å². The first kappa shape index (κ1) is 9.80. The molecule has 13 heavy (non-hydrogen) atoms. The number of nitrogens with two attached hydrogens (primary N) is 1. The molecule has 0 saturated heterocycles. The topological polar surface area (TPSA) is 68.1 Å². The van der Waals surface area contributed by atoms with Gasteiger partial charge in [0.2, 0.25) is 0 Å². The fraction of sp³-hybridized carbons (Fsp3) is 0.444. The molecule has 4 nitrogen and oxygen atoms in total. The van der Waals surface area contributed by atoms with Gasteiger partial charge in [0.1, 0.15) is 6.04 Å². The van der Waals surface area contributed by atoms with Gasteiger partial charge < -0.3 is 15.5 Å². The van der Waals surface area contributed by atoms with Crippen molar-refractivity contribution in [3.63, 3.8) is 0 Å². The molecule has 0 aliphatic heterocycles. The number of hydrogen-bond acceptors (Lipinski definition) is 3. The molecule has 72 valence electrons. The minimum atomic E-state index is -0.684. The van der Waals surface area contributed by atoms with Crippen LogP contribution in [0.15, 0.2) is 6.20 Å². The van der Waals surface area contributed by atoms with Crippen LogP contribution in [0, 0.1) is 13.8 Å². The first-order valence-corrected chi connectivity index (χ1v) is 4.05. The lowest BCUT2D eigenvalue weighted by molar-refractivity contribution is -0.142. The molecule has 0 bridgehead atoms. The molecule has 0 spiro atoms. The molecule has 1 atom stereocenters. The van der Waals surface area contributed by atoms with Gasteiger partial charge in [0.15, 0.2) is 0 Å². The van der Waals surface area contributed by atoms with Gasteiger partial charge in [-0.2, -0.15) is 0 Å². The molecular formula is C9H14N2O2. The molecule has 1 aromatic rings. The van der Waals surface area contributed by atoms with Gasteiger partial charge >= 0.3 is 5.97 Å². The summed E-state index contributed by atoms with van der Waals surface area (Å²) in [5.74, 6) is -0.411. The zero-order valence-corrected chi connectivity index (χ0v) is 8.05. The normalized spacial score (nSPS) is 12.6. The molecule has 0 aliphatic carbocycles. The maximum Gasteiger partial charge on any atom is 0.327 e. The highest BCUT2D eigenvalue weighted by atomic mass is 16.5. The standard InChI is InChI=1S/C9H14N2O2/c1-5-4-11-6(2)7(5)8(10)9(12)13-3/h4,8,11H,10H2,1-3H3. The minimum absolute atomic E-state index is 0.411. The highest BCUT2D eigenvalue weighted by Gasteiger charge is 2.20. The van der Waals surface area contributed by atoms with E-state index in [2.05, 4.69) is 9.72 Å². The van der Waals surface area contributed by atoms with Crippen LogP contribution < -0.4 is 5.73 Å². The second-order valence-corrected chi connectivity index (χ2v) is 3.01. The molecular weight excluding hydrogens is 168 g/mol. The third-order valence-corrected chi connectivity index (χ3v) is 2.10. The smallest absolute Gasteiger partial charge is 0.327 e. The number of methoxy groups -OCH3 is 1. The van der Waals surface area contributed by atoms with Gasteiger partial charge in [-0.05, 0) is 19.4 Å². The highest BCUT2D eigenvalue weighted by molar-refractivity contribution is 5.78. The van der Waals surface area contributed by atoms with Crippen molar-refractivity contribution in [1.82, 2.24) is 4.98 Å². The number of carbonyl (C=O) groups is 1. The molecule has 0 aromatic carbocycles. The summed E-state index contributed by atoms with van der Waals surface area (Å²) in [6.45, 7) is 3.78. The van der Waals surface area contributed by atoms with E-state index in [0.717, 1.165) is 16.8 Å². The summed E-state index contributed by atoms with van der Waals surface area (Å²) in [5.41, 5.74) is 8.42. The van der Waals surface area contributed by atoms with Crippen LogP contribution in [0.2, 0.25) is 0 Å². The molecule has 1 unspecified atom stereocenters. The zero-order valence-electron chi connectivity index (χ0n) is 8.05. The van der Waals surface area contributed by atoms with Gasteiger partial charge in [-0.1, -0.05) is 0 Å². The number of aryl methyl sites for hydroxylation is 2. The predicted molar refractivity (Wildman–Crippen MR) is 49.2 cm³/mol. The van der Waals surface area contributed by atoms with E-state index in [1.54, 1.807) is 0 Å². The maximum atomic E-state index is 11.2. The fourth-order valence-corrected chi connectivity index (χ4v) is 1.39. The number of esters is 1. The second kappa shape index (κ2) is 3.62. The number of hydrogen-bond donors (Lipinski definition) is 2. The number of nitrogens with one attached hydrogen (secondary N) is 1. The highest BCUT2D eigenvalue weighted by Crippen LogP contribution is 2.19. The van der Waals surface area contributed by atoms with E-state index in [0.29, 0.717) is 0 Å². The van der Waals surface area contributed by atoms with Gasteiger partial charge in [-0.15, -0.1) is 0 Å². The van der Waals surface area contributed by atoms with E-state index < -0.39 is 12.0 Å². The first-order chi connectivity index (χ1) is 6.07. The van der Waals surface area contributed by atoms with E-state index in [1.807, 2.05) is 20.0 Å². The number of ether oxygens (including phenoxy) is 1. The number of H-pyrrole nitrogens is 1. The second-order valence-electron chi connectivity index (χ2n) is 3.01. The van der Waals surface area contributed by atoms with Crippen LogP contribution in [0.25, 0.3) is 0 Å². The summed E-state index contributed by atoms with van der Waals surface area (Å²) in [5, 5.41) is 0. The van der Waals surface area contributed by atoms with Crippen LogP contribution in [0.5, 0.6) is 0 Å². The van der Waals surface area contributed by atoms with E-state index in [-0.39, 0.29) is 0 Å². The Hall–Kier alpha value is -1.29. The molecule has 0 saturated carbocycles. The Morgan fingerprint density at radius 3 is 2.62 bits per heavy atom. The van der Waals surface area contributed by atoms with Gasteiger partial charge in [0.05, 0.1) is 7.11 Å². The van der Waals surface area contributed by atoms with Crippen molar-refractivity contribution in [2.75, 3.05) is 7.11 Å². The Kier molecular flexibility index (Phi) is 2.72. The predicted octanol–water partition coefficient (Wildman–Crippen LogP) is 0.804. The Morgan fingerprint density at radius 1 is 1.62 bits per heavy atom. The Labute approximate surface area is 77.1 Å². The Morgan fingerprint density at radius 2 is 2.23 bits per heavy atom. The van der Waals surface area contributed by atoms with Gasteiger partial charge in [-0.3, -0.25) is 4.79 Å². The summed E-state index contributed by atoms with van der Waals surface area (Å²) < 4.78 is 4.57. The Bertz CT molecular complexity index is 298. The van der Waals surface area contributed by atoms with E-state index in [9.17, 15) is 4.79 Å². The van der Waals surface area contributed by atoms with E-state index in [4.69, 9.17) is 5.73 Å². The van der Waals surface area contributed by atoms with Crippen LogP contribution in [0.1, 0.15) is 22.9 Å². The zero-order chi connectivity index (χ0) is 10.0. The molecule has 1 rings (SSSR count). The lowest BCUT2D eigenvalue weighted by Crippen LogP contribution is -2.23. The summed E-state index contributed by atoms with van der Waals surface area (Å²) in [7, 11) is 1.33. The van der Waals surface area contributed by atoms with E-state index in [1.165, 1.54) is 7.11 Å². The molecule has 1 heterocycles. The van der Waals surface area contributed by atoms with Crippen molar-refractivity contribution in [3.8, 4) is 0 Å². The van der Waals surface area contributed by atoms with Crippen LogP contribution in [0.4, 0.5) is 0 Å². The quantitative estimate of drug-likeness (QED) is 0.665. The minimum Gasteiger partial charge on any atom is -0.468 e. The van der Waals surface area contributed by atoms with Crippen molar-refractivity contribution in [3.05, 3.63) is 23.0 Å². The van der Waals surface area contributed by atoms with Crippen molar-refractivity contribution in [2.24, 2.45) is 5.73 Å². The lowest BCUT2D eigenvalue weighted by atomic mass is 10.0. The van der Waals surface area contributed by atoms with Crippen molar-refractivity contribution < 1.29 is 9.53 Å². The third-order valence-electron chi connectivity index (χ3n) is 2.10. The molecule has 0 amide bonds.